The van der Waals surface area contributed by atoms with Gasteiger partial charge in [0, 0.05) is 10.2 Å². The van der Waals surface area contributed by atoms with Gasteiger partial charge < -0.3 is 0 Å². The van der Waals surface area contributed by atoms with E-state index in [9.17, 15) is 0 Å². The second kappa shape index (κ2) is 10.9. The Balaban J connectivity index is 2.84. The molecule has 0 aromatic carbocycles. The number of hydrogen-bond donors (Lipinski definition) is 0. The first-order valence-electron chi connectivity index (χ1n) is 5.55. The first-order valence-corrected chi connectivity index (χ1v) is 7.84. The van der Waals surface area contributed by atoms with E-state index in [2.05, 4.69) is 0 Å². The van der Waals surface area contributed by atoms with E-state index in [1.54, 1.807) is 0 Å². The molecule has 0 aromatic rings. The maximum atomic E-state index is 5.63. The van der Waals surface area contributed by atoms with Crippen LogP contribution in [0.15, 0.2) is 0 Å². The minimum atomic E-state index is -0.148. The van der Waals surface area contributed by atoms with Crippen molar-refractivity contribution in [1.29, 1.82) is 0 Å². The molecule has 0 saturated carbocycles. The Hall–Kier alpha value is 0.797. The predicted molar refractivity (Wildman–Crippen MR) is 67.2 cm³/mol. The van der Waals surface area contributed by atoms with Crippen molar-refractivity contribution in [3.8, 4) is 0 Å². The molecule has 0 aliphatic heterocycles. The van der Waals surface area contributed by atoms with E-state index in [0.29, 0.717) is 0 Å². The Bertz CT molecular complexity index is 96.9. The molecule has 3 heteroatoms. The molecule has 13 heavy (non-hydrogen) atoms. The van der Waals surface area contributed by atoms with Gasteiger partial charge in [-0.05, 0) is 6.42 Å². The van der Waals surface area contributed by atoms with E-state index < -0.39 is 0 Å². The van der Waals surface area contributed by atoms with Gasteiger partial charge in [0.25, 0.3) is 0 Å². The zero-order valence-corrected chi connectivity index (χ0v) is 12.2. The SMILES string of the molecule is [SiH3]CCCCCCCCCC(Cl)Cl. The monoisotopic (exact) mass is 240 g/mol. The smallest absolute Gasteiger partial charge is 0.105 e. The molecule has 0 rings (SSSR count). The lowest BCUT2D eigenvalue weighted by atomic mass is 10.1. The highest BCUT2D eigenvalue weighted by molar-refractivity contribution is 6.44. The number of halogens is 2. The zero-order chi connectivity index (χ0) is 9.94. The van der Waals surface area contributed by atoms with Crippen LogP contribution in [0.4, 0.5) is 0 Å². The number of unbranched alkanes of at least 4 members (excludes halogenated alkanes) is 6. The fourth-order valence-corrected chi connectivity index (χ4v) is 2.24. The lowest BCUT2D eigenvalue weighted by Crippen LogP contribution is -1.87. The number of rotatable bonds is 9. The van der Waals surface area contributed by atoms with Gasteiger partial charge in [0.1, 0.15) is 4.84 Å². The first-order chi connectivity index (χ1) is 6.27. The fraction of sp³-hybridized carbons (Fsp3) is 1.00. The van der Waals surface area contributed by atoms with E-state index in [1.165, 1.54) is 61.2 Å². The molecule has 0 radical (unpaired) electrons. The summed E-state index contributed by atoms with van der Waals surface area (Å²) in [6, 6.07) is 1.47. The van der Waals surface area contributed by atoms with Crippen LogP contribution in [-0.4, -0.2) is 15.1 Å². The van der Waals surface area contributed by atoms with Crippen LogP contribution >= 0.6 is 23.2 Å². The summed E-state index contributed by atoms with van der Waals surface area (Å²) in [5.74, 6) is 0. The minimum absolute atomic E-state index is 0.148. The lowest BCUT2D eigenvalue weighted by Gasteiger charge is -2.01. The second-order valence-electron chi connectivity index (χ2n) is 3.65. The van der Waals surface area contributed by atoms with Crippen molar-refractivity contribution in [2.45, 2.75) is 62.2 Å². The van der Waals surface area contributed by atoms with Crippen LogP contribution in [0.3, 0.4) is 0 Å². The largest absolute Gasteiger partial charge is 0.107 e. The molecular formula is C10H22Cl2Si. The van der Waals surface area contributed by atoms with Gasteiger partial charge in [-0.15, -0.1) is 23.2 Å². The van der Waals surface area contributed by atoms with Crippen LogP contribution in [0.25, 0.3) is 0 Å². The molecule has 0 aliphatic rings. The molecule has 80 valence electrons. The standard InChI is InChI=1S/C10H22Cl2Si/c11-10(12)8-6-4-2-1-3-5-7-9-13/h10H,1-9H2,13H3. The van der Waals surface area contributed by atoms with E-state index in [1.807, 2.05) is 0 Å². The van der Waals surface area contributed by atoms with Crippen LogP contribution < -0.4 is 0 Å². The Kier molecular flexibility index (Phi) is 11.5. The normalized spacial score (nSPS) is 11.3. The van der Waals surface area contributed by atoms with Crippen LogP contribution in [0.2, 0.25) is 6.04 Å². The van der Waals surface area contributed by atoms with Gasteiger partial charge in [0.2, 0.25) is 0 Å². The highest BCUT2D eigenvalue weighted by Crippen LogP contribution is 2.14. The van der Waals surface area contributed by atoms with Gasteiger partial charge in [0.15, 0.2) is 0 Å². The lowest BCUT2D eigenvalue weighted by molar-refractivity contribution is 0.582. The summed E-state index contributed by atoms with van der Waals surface area (Å²) >= 11 is 11.3. The van der Waals surface area contributed by atoms with Crippen molar-refractivity contribution < 1.29 is 0 Å². The summed E-state index contributed by atoms with van der Waals surface area (Å²) in [7, 11) is 1.38. The third-order valence-corrected chi connectivity index (χ3v) is 3.42. The average molecular weight is 241 g/mol. The molecule has 0 heterocycles. The van der Waals surface area contributed by atoms with Gasteiger partial charge >= 0.3 is 0 Å². The molecular weight excluding hydrogens is 219 g/mol. The van der Waals surface area contributed by atoms with E-state index in [0.717, 1.165) is 6.42 Å². The molecule has 0 aromatic heterocycles. The van der Waals surface area contributed by atoms with Gasteiger partial charge in [-0.25, -0.2) is 0 Å². The van der Waals surface area contributed by atoms with Crippen LogP contribution in [0.1, 0.15) is 51.4 Å². The van der Waals surface area contributed by atoms with Gasteiger partial charge in [-0.2, -0.15) is 0 Å². The van der Waals surface area contributed by atoms with Crippen LogP contribution in [-0.2, 0) is 0 Å². The van der Waals surface area contributed by atoms with Crippen molar-refractivity contribution in [2.24, 2.45) is 0 Å². The summed E-state index contributed by atoms with van der Waals surface area (Å²) in [6.07, 6.45) is 10.5. The Morgan fingerprint density at radius 3 is 1.69 bits per heavy atom. The summed E-state index contributed by atoms with van der Waals surface area (Å²) in [5, 5.41) is 0. The maximum Gasteiger partial charge on any atom is 0.107 e. The predicted octanol–water partition coefficient (Wildman–Crippen LogP) is 3.69. The molecule has 0 spiro atoms. The Labute approximate surface area is 95.8 Å². The molecule has 0 N–H and O–H groups in total. The summed E-state index contributed by atoms with van der Waals surface area (Å²) < 4.78 is 0. The number of hydrogen-bond acceptors (Lipinski definition) is 0. The Morgan fingerprint density at radius 1 is 0.769 bits per heavy atom. The van der Waals surface area contributed by atoms with Crippen molar-refractivity contribution in [1.82, 2.24) is 0 Å². The maximum absolute atomic E-state index is 5.63. The molecule has 0 aliphatic carbocycles. The quantitative estimate of drug-likeness (QED) is 0.328. The first kappa shape index (κ1) is 13.8. The molecule has 0 atom stereocenters. The van der Waals surface area contributed by atoms with E-state index in [-0.39, 0.29) is 4.84 Å². The van der Waals surface area contributed by atoms with Gasteiger partial charge in [-0.1, -0.05) is 51.0 Å². The molecule has 0 bridgehead atoms. The molecule has 0 amide bonds. The molecule has 0 saturated heterocycles. The molecule has 0 nitrogen and oxygen atoms in total. The van der Waals surface area contributed by atoms with Crippen molar-refractivity contribution >= 4 is 33.4 Å². The summed E-state index contributed by atoms with van der Waals surface area (Å²) in [6.45, 7) is 0. The third-order valence-electron chi connectivity index (χ3n) is 2.28. The highest BCUT2D eigenvalue weighted by Gasteiger charge is 1.97. The average Bonchev–Trinajstić information content (AvgIpc) is 2.09. The molecule has 0 unspecified atom stereocenters. The summed E-state index contributed by atoms with van der Waals surface area (Å²) in [4.78, 5) is -0.148. The van der Waals surface area contributed by atoms with Crippen molar-refractivity contribution in [2.75, 3.05) is 0 Å². The van der Waals surface area contributed by atoms with Crippen LogP contribution in [0, 0.1) is 0 Å². The van der Waals surface area contributed by atoms with E-state index in [4.69, 9.17) is 23.2 Å². The van der Waals surface area contributed by atoms with Gasteiger partial charge in [0.05, 0.1) is 0 Å². The van der Waals surface area contributed by atoms with Crippen molar-refractivity contribution in [3.63, 3.8) is 0 Å². The third kappa shape index (κ3) is 12.8. The van der Waals surface area contributed by atoms with Crippen LogP contribution in [0.5, 0.6) is 0 Å². The fourth-order valence-electron chi connectivity index (χ4n) is 1.43. The van der Waals surface area contributed by atoms with E-state index >= 15 is 0 Å². The topological polar surface area (TPSA) is 0 Å². The zero-order valence-electron chi connectivity index (χ0n) is 8.70. The minimum Gasteiger partial charge on any atom is -0.105 e. The number of alkyl halides is 2. The van der Waals surface area contributed by atoms with Gasteiger partial charge in [-0.3, -0.25) is 0 Å². The van der Waals surface area contributed by atoms with Crippen molar-refractivity contribution in [3.05, 3.63) is 0 Å². The second-order valence-corrected chi connectivity index (χ2v) is 5.93. The Morgan fingerprint density at radius 2 is 1.23 bits per heavy atom. The molecule has 0 fully saturated rings. The summed E-state index contributed by atoms with van der Waals surface area (Å²) in [5.41, 5.74) is 0. The highest BCUT2D eigenvalue weighted by atomic mass is 35.5.